The Kier molecular flexibility index (Phi) is 3.02. The monoisotopic (exact) mass is 217 g/mol. The standard InChI is InChI=1S/C11H15N5/c1-8-5-10(6-12)15-11(14-8)16-4-3-9(7-16)13-2/h5,9,13H,3-4,7H2,1-2H3. The van der Waals surface area contributed by atoms with Crippen LogP contribution in [-0.4, -0.2) is 36.1 Å². The summed E-state index contributed by atoms with van der Waals surface area (Å²) in [4.78, 5) is 10.7. The molecule has 0 amide bonds. The fourth-order valence-electron chi connectivity index (χ4n) is 1.93. The number of aryl methyl sites for hydroxylation is 1. The summed E-state index contributed by atoms with van der Waals surface area (Å²) in [6.45, 7) is 3.74. The number of hydrogen-bond donors (Lipinski definition) is 1. The van der Waals surface area contributed by atoms with E-state index in [-0.39, 0.29) is 0 Å². The summed E-state index contributed by atoms with van der Waals surface area (Å²) in [6, 6.07) is 4.26. The van der Waals surface area contributed by atoms with Crippen LogP contribution >= 0.6 is 0 Å². The first-order chi connectivity index (χ1) is 7.72. The summed E-state index contributed by atoms with van der Waals surface area (Å²) >= 11 is 0. The molecule has 84 valence electrons. The normalized spacial score (nSPS) is 19.8. The quantitative estimate of drug-likeness (QED) is 0.779. The summed E-state index contributed by atoms with van der Waals surface area (Å²) in [5, 5.41) is 12.1. The van der Waals surface area contributed by atoms with Gasteiger partial charge in [-0.1, -0.05) is 0 Å². The maximum atomic E-state index is 8.86. The zero-order valence-electron chi connectivity index (χ0n) is 9.56. The van der Waals surface area contributed by atoms with Crippen LogP contribution in [0.25, 0.3) is 0 Å². The Morgan fingerprint density at radius 2 is 2.38 bits per heavy atom. The van der Waals surface area contributed by atoms with Crippen molar-refractivity contribution in [3.8, 4) is 6.07 Å². The highest BCUT2D eigenvalue weighted by molar-refractivity contribution is 5.37. The molecule has 1 unspecified atom stereocenters. The van der Waals surface area contributed by atoms with Crippen molar-refractivity contribution in [2.45, 2.75) is 19.4 Å². The van der Waals surface area contributed by atoms with Crippen LogP contribution in [0.4, 0.5) is 5.95 Å². The molecule has 0 aliphatic carbocycles. The van der Waals surface area contributed by atoms with Gasteiger partial charge in [0.2, 0.25) is 5.95 Å². The Morgan fingerprint density at radius 1 is 1.56 bits per heavy atom. The lowest BCUT2D eigenvalue weighted by Crippen LogP contribution is -2.30. The molecule has 16 heavy (non-hydrogen) atoms. The lowest BCUT2D eigenvalue weighted by Gasteiger charge is -2.16. The molecule has 1 N–H and O–H groups in total. The van der Waals surface area contributed by atoms with Crippen molar-refractivity contribution in [1.82, 2.24) is 15.3 Å². The molecule has 0 saturated carbocycles. The Hall–Kier alpha value is -1.67. The largest absolute Gasteiger partial charge is 0.339 e. The first kappa shape index (κ1) is 10.8. The summed E-state index contributed by atoms with van der Waals surface area (Å²) < 4.78 is 0. The van der Waals surface area contributed by atoms with Gasteiger partial charge in [0, 0.05) is 24.8 Å². The molecule has 1 aliphatic heterocycles. The second-order valence-electron chi connectivity index (χ2n) is 4.03. The summed E-state index contributed by atoms with van der Waals surface area (Å²) in [7, 11) is 1.96. The van der Waals surface area contributed by atoms with Gasteiger partial charge in [0.25, 0.3) is 0 Å². The summed E-state index contributed by atoms with van der Waals surface area (Å²) in [5.74, 6) is 0.675. The molecule has 2 heterocycles. The molecule has 1 atom stereocenters. The smallest absolute Gasteiger partial charge is 0.226 e. The number of nitrogens with one attached hydrogen (secondary N) is 1. The molecule has 0 spiro atoms. The molecule has 0 aromatic carbocycles. The molecule has 1 aromatic heterocycles. The predicted molar refractivity (Wildman–Crippen MR) is 61.2 cm³/mol. The van der Waals surface area contributed by atoms with Crippen molar-refractivity contribution in [3.63, 3.8) is 0 Å². The van der Waals surface area contributed by atoms with Crippen LogP contribution in [0.3, 0.4) is 0 Å². The number of nitrogens with zero attached hydrogens (tertiary/aromatic N) is 4. The third-order valence-electron chi connectivity index (χ3n) is 2.84. The molecule has 0 radical (unpaired) electrons. The highest BCUT2D eigenvalue weighted by Crippen LogP contribution is 2.16. The van der Waals surface area contributed by atoms with Gasteiger partial charge >= 0.3 is 0 Å². The second-order valence-corrected chi connectivity index (χ2v) is 4.03. The van der Waals surface area contributed by atoms with Crippen LogP contribution in [0.15, 0.2) is 6.07 Å². The predicted octanol–water partition coefficient (Wildman–Crippen LogP) is 0.455. The highest BCUT2D eigenvalue weighted by Gasteiger charge is 2.23. The van der Waals surface area contributed by atoms with Crippen molar-refractivity contribution < 1.29 is 0 Å². The minimum absolute atomic E-state index is 0.440. The summed E-state index contributed by atoms with van der Waals surface area (Å²) in [6.07, 6.45) is 1.09. The number of hydrogen-bond acceptors (Lipinski definition) is 5. The first-order valence-electron chi connectivity index (χ1n) is 5.41. The summed E-state index contributed by atoms with van der Waals surface area (Å²) in [5.41, 5.74) is 1.28. The van der Waals surface area contributed by atoms with E-state index in [1.807, 2.05) is 14.0 Å². The van der Waals surface area contributed by atoms with Gasteiger partial charge in [-0.05, 0) is 26.5 Å². The fourth-order valence-corrected chi connectivity index (χ4v) is 1.93. The van der Waals surface area contributed by atoms with Crippen molar-refractivity contribution in [1.29, 1.82) is 5.26 Å². The molecule has 0 bridgehead atoms. The van der Waals surface area contributed by atoms with Crippen molar-refractivity contribution in [2.75, 3.05) is 25.0 Å². The van der Waals surface area contributed by atoms with E-state index in [1.165, 1.54) is 0 Å². The minimum atomic E-state index is 0.440. The number of aromatic nitrogens is 2. The zero-order chi connectivity index (χ0) is 11.5. The molecule has 1 aromatic rings. The van der Waals surface area contributed by atoms with Crippen molar-refractivity contribution in [3.05, 3.63) is 17.5 Å². The van der Waals surface area contributed by atoms with Gasteiger partial charge < -0.3 is 10.2 Å². The molecule has 1 aliphatic rings. The van der Waals surface area contributed by atoms with E-state index in [0.29, 0.717) is 17.7 Å². The number of nitriles is 1. The Bertz CT molecular complexity index is 423. The molecular weight excluding hydrogens is 202 g/mol. The van der Waals surface area contributed by atoms with Gasteiger partial charge in [0.1, 0.15) is 11.8 Å². The van der Waals surface area contributed by atoms with E-state index in [4.69, 9.17) is 5.26 Å². The average Bonchev–Trinajstić information content (AvgIpc) is 2.76. The SMILES string of the molecule is CNC1CCN(c2nc(C)cc(C#N)n2)C1. The van der Waals surface area contributed by atoms with E-state index in [2.05, 4.69) is 26.3 Å². The third-order valence-corrected chi connectivity index (χ3v) is 2.84. The van der Waals surface area contributed by atoms with Gasteiger partial charge in [-0.3, -0.25) is 0 Å². The van der Waals surface area contributed by atoms with E-state index in [9.17, 15) is 0 Å². The van der Waals surface area contributed by atoms with Crippen molar-refractivity contribution >= 4 is 5.95 Å². The molecule has 1 saturated heterocycles. The topological polar surface area (TPSA) is 64.8 Å². The Labute approximate surface area is 95.1 Å². The van der Waals surface area contributed by atoms with E-state index < -0.39 is 0 Å². The van der Waals surface area contributed by atoms with E-state index in [0.717, 1.165) is 25.2 Å². The van der Waals surface area contributed by atoms with Gasteiger partial charge in [0.05, 0.1) is 0 Å². The average molecular weight is 217 g/mol. The first-order valence-corrected chi connectivity index (χ1v) is 5.41. The molecular formula is C11H15N5. The molecule has 5 nitrogen and oxygen atoms in total. The molecule has 1 fully saturated rings. The van der Waals surface area contributed by atoms with Crippen LogP contribution < -0.4 is 10.2 Å². The second kappa shape index (κ2) is 4.45. The van der Waals surface area contributed by atoms with Crippen LogP contribution in [0.1, 0.15) is 17.8 Å². The van der Waals surface area contributed by atoms with Crippen LogP contribution in [0, 0.1) is 18.3 Å². The Balaban J connectivity index is 2.21. The minimum Gasteiger partial charge on any atom is -0.339 e. The Morgan fingerprint density at radius 3 is 3.00 bits per heavy atom. The third kappa shape index (κ3) is 2.12. The van der Waals surface area contributed by atoms with Crippen LogP contribution in [0.2, 0.25) is 0 Å². The lowest BCUT2D eigenvalue weighted by molar-refractivity contribution is 0.616. The van der Waals surface area contributed by atoms with Crippen molar-refractivity contribution in [2.24, 2.45) is 0 Å². The van der Waals surface area contributed by atoms with Gasteiger partial charge in [-0.25, -0.2) is 9.97 Å². The zero-order valence-corrected chi connectivity index (χ0v) is 9.56. The fraction of sp³-hybridized carbons (Fsp3) is 0.545. The number of rotatable bonds is 2. The highest BCUT2D eigenvalue weighted by atomic mass is 15.3. The lowest BCUT2D eigenvalue weighted by atomic mass is 10.3. The van der Waals surface area contributed by atoms with Crippen LogP contribution in [0.5, 0.6) is 0 Å². The van der Waals surface area contributed by atoms with Gasteiger partial charge in [-0.15, -0.1) is 0 Å². The number of likely N-dealkylation sites (N-methyl/N-ethyl adjacent to an activating group) is 1. The van der Waals surface area contributed by atoms with E-state index >= 15 is 0 Å². The molecule has 5 heteroatoms. The number of anilines is 1. The maximum absolute atomic E-state index is 8.86. The van der Waals surface area contributed by atoms with Gasteiger partial charge in [0.15, 0.2) is 0 Å². The maximum Gasteiger partial charge on any atom is 0.226 e. The van der Waals surface area contributed by atoms with E-state index in [1.54, 1.807) is 6.07 Å². The van der Waals surface area contributed by atoms with Gasteiger partial charge in [-0.2, -0.15) is 5.26 Å². The molecule has 2 rings (SSSR count). The van der Waals surface area contributed by atoms with Crippen LogP contribution in [-0.2, 0) is 0 Å².